The average Bonchev–Trinajstić information content (AvgIpc) is 1.67. The fourth-order valence-corrected chi connectivity index (χ4v) is 0.582. The molecule has 1 amide bonds. The maximum Gasteiger partial charge on any atom is 0.246 e. The molecule has 0 spiro atoms. The summed E-state index contributed by atoms with van der Waals surface area (Å²) in [7, 11) is 1.31. The van der Waals surface area contributed by atoms with Crippen molar-refractivity contribution in [3.05, 3.63) is 0 Å². The van der Waals surface area contributed by atoms with E-state index in [2.05, 4.69) is 15.9 Å². The van der Waals surface area contributed by atoms with Crippen molar-refractivity contribution in [1.29, 1.82) is 0 Å². The first-order valence-corrected chi connectivity index (χ1v) is 3.32. The van der Waals surface area contributed by atoms with Gasteiger partial charge in [0.1, 0.15) is 0 Å². The molecule has 0 aliphatic rings. The van der Waals surface area contributed by atoms with Crippen LogP contribution in [0.5, 0.6) is 0 Å². The minimum Gasteiger partial charge on any atom is -0.286 e. The lowest BCUT2D eigenvalue weighted by Crippen LogP contribution is -2.22. The van der Waals surface area contributed by atoms with Crippen LogP contribution in [0, 0.1) is 0 Å². The molecule has 4 heteroatoms. The third-order valence-corrected chi connectivity index (χ3v) is 1.07. The number of carbonyl (C=O) groups excluding carboxylic acids is 1. The summed E-state index contributed by atoms with van der Waals surface area (Å²) >= 11 is 3.06. The second-order valence-electron chi connectivity index (χ2n) is 1.36. The zero-order valence-corrected chi connectivity index (χ0v) is 6.18. The zero-order valence-electron chi connectivity index (χ0n) is 4.59. The Balaban J connectivity index is 3.33. The van der Waals surface area contributed by atoms with Gasteiger partial charge < -0.3 is 0 Å². The fraction of sp³-hybridized carbons (Fsp3) is 0.750. The Labute approximate surface area is 56.4 Å². The minimum atomic E-state index is -0.276. The number of carbonyl (C=O) groups is 1. The van der Waals surface area contributed by atoms with Crippen LogP contribution >= 0.6 is 15.9 Å². The zero-order chi connectivity index (χ0) is 6.57. The van der Waals surface area contributed by atoms with Gasteiger partial charge in [-0.3, -0.25) is 10.0 Å². The van der Waals surface area contributed by atoms with Gasteiger partial charge in [-0.2, -0.15) is 0 Å². The van der Waals surface area contributed by atoms with Gasteiger partial charge in [0.25, 0.3) is 0 Å². The monoisotopic (exact) mass is 181 g/mol. The summed E-state index contributed by atoms with van der Waals surface area (Å²) in [5, 5.41) is 9.59. The summed E-state index contributed by atoms with van der Waals surface area (Å²) in [4.78, 5) is 10.4. The second-order valence-corrected chi connectivity index (χ2v) is 2.15. The third-order valence-electron chi connectivity index (χ3n) is 0.669. The molecule has 0 aromatic carbocycles. The van der Waals surface area contributed by atoms with E-state index in [-0.39, 0.29) is 5.91 Å². The Morgan fingerprint density at radius 2 is 2.38 bits per heavy atom. The maximum absolute atomic E-state index is 10.4. The molecular weight excluding hydrogens is 174 g/mol. The van der Waals surface area contributed by atoms with Crippen LogP contribution in [-0.2, 0) is 4.79 Å². The average molecular weight is 182 g/mol. The smallest absolute Gasteiger partial charge is 0.246 e. The molecule has 0 rings (SSSR count). The Bertz CT molecular complexity index is 84.1. The molecule has 0 bridgehead atoms. The van der Waals surface area contributed by atoms with Gasteiger partial charge in [-0.1, -0.05) is 15.9 Å². The predicted octanol–water partition coefficient (Wildman–Crippen LogP) is 0.619. The van der Waals surface area contributed by atoms with E-state index in [4.69, 9.17) is 5.21 Å². The highest BCUT2D eigenvalue weighted by molar-refractivity contribution is 9.09. The number of hydrogen-bond acceptors (Lipinski definition) is 2. The number of hydroxylamine groups is 2. The van der Waals surface area contributed by atoms with E-state index in [1.54, 1.807) is 0 Å². The molecule has 1 N–H and O–H groups in total. The molecule has 8 heavy (non-hydrogen) atoms. The second kappa shape index (κ2) is 3.86. The molecule has 48 valence electrons. The number of nitrogens with zero attached hydrogens (tertiary/aromatic N) is 1. The number of hydrogen-bond donors (Lipinski definition) is 1. The first kappa shape index (κ1) is 7.91. The summed E-state index contributed by atoms with van der Waals surface area (Å²) in [5.41, 5.74) is 0. The van der Waals surface area contributed by atoms with Crippen molar-refractivity contribution in [2.75, 3.05) is 12.4 Å². The highest BCUT2D eigenvalue weighted by atomic mass is 79.9. The van der Waals surface area contributed by atoms with Gasteiger partial charge in [-0.15, -0.1) is 0 Å². The van der Waals surface area contributed by atoms with Crippen LogP contribution in [-0.4, -0.2) is 28.6 Å². The largest absolute Gasteiger partial charge is 0.286 e. The van der Waals surface area contributed by atoms with Crippen molar-refractivity contribution in [3.8, 4) is 0 Å². The quantitative estimate of drug-likeness (QED) is 0.386. The van der Waals surface area contributed by atoms with Crippen LogP contribution in [0.2, 0.25) is 0 Å². The molecule has 0 unspecified atom stereocenters. The topological polar surface area (TPSA) is 40.5 Å². The normalized spacial score (nSPS) is 8.88. The van der Waals surface area contributed by atoms with Crippen LogP contribution in [0.25, 0.3) is 0 Å². The van der Waals surface area contributed by atoms with Gasteiger partial charge in [0.15, 0.2) is 0 Å². The summed E-state index contributed by atoms with van der Waals surface area (Å²) < 4.78 is 0. The van der Waals surface area contributed by atoms with Crippen molar-refractivity contribution in [3.63, 3.8) is 0 Å². The number of amides is 1. The van der Waals surface area contributed by atoms with Crippen LogP contribution in [0.1, 0.15) is 6.42 Å². The van der Waals surface area contributed by atoms with Crippen LogP contribution in [0.3, 0.4) is 0 Å². The van der Waals surface area contributed by atoms with E-state index in [1.165, 1.54) is 7.05 Å². The molecule has 0 saturated heterocycles. The van der Waals surface area contributed by atoms with E-state index >= 15 is 0 Å². The fourth-order valence-electron chi connectivity index (χ4n) is 0.243. The van der Waals surface area contributed by atoms with Crippen molar-refractivity contribution in [2.24, 2.45) is 0 Å². The first-order valence-electron chi connectivity index (χ1n) is 2.20. The summed E-state index contributed by atoms with van der Waals surface area (Å²) in [6.07, 6.45) is 0.340. The van der Waals surface area contributed by atoms with E-state index < -0.39 is 0 Å². The lowest BCUT2D eigenvalue weighted by molar-refractivity contribution is -0.158. The number of halogens is 1. The lowest BCUT2D eigenvalue weighted by Gasteiger charge is -2.04. The van der Waals surface area contributed by atoms with Crippen molar-refractivity contribution in [2.45, 2.75) is 6.42 Å². The Morgan fingerprint density at radius 1 is 1.88 bits per heavy atom. The minimum absolute atomic E-state index is 0.276. The van der Waals surface area contributed by atoms with Crippen LogP contribution in [0.15, 0.2) is 0 Å². The van der Waals surface area contributed by atoms with Gasteiger partial charge in [-0.25, -0.2) is 5.06 Å². The Kier molecular flexibility index (Phi) is 3.81. The Morgan fingerprint density at radius 3 is 2.50 bits per heavy atom. The van der Waals surface area contributed by atoms with Gasteiger partial charge in [0.05, 0.1) is 0 Å². The van der Waals surface area contributed by atoms with Gasteiger partial charge >= 0.3 is 0 Å². The summed E-state index contributed by atoms with van der Waals surface area (Å²) in [6.45, 7) is 0. The molecule has 0 saturated carbocycles. The summed E-state index contributed by atoms with van der Waals surface area (Å²) in [6, 6.07) is 0. The highest BCUT2D eigenvalue weighted by Gasteiger charge is 2.01. The Hall–Kier alpha value is -0.0900. The molecule has 0 aliphatic heterocycles. The molecule has 3 nitrogen and oxygen atoms in total. The lowest BCUT2D eigenvalue weighted by atomic mass is 10.5. The van der Waals surface area contributed by atoms with E-state index in [1.807, 2.05) is 0 Å². The summed E-state index contributed by atoms with van der Waals surface area (Å²) in [5.74, 6) is -0.276. The highest BCUT2D eigenvalue weighted by Crippen LogP contribution is 1.90. The molecule has 0 aliphatic carbocycles. The van der Waals surface area contributed by atoms with Crippen molar-refractivity contribution >= 4 is 21.8 Å². The standard InChI is InChI=1S/C4H8BrNO2/c1-6(8)4(7)2-3-5/h8H,2-3H2,1H3. The number of rotatable bonds is 2. The van der Waals surface area contributed by atoms with Crippen molar-refractivity contribution in [1.82, 2.24) is 5.06 Å². The molecule has 0 radical (unpaired) electrons. The van der Waals surface area contributed by atoms with E-state index in [0.29, 0.717) is 16.8 Å². The van der Waals surface area contributed by atoms with Crippen LogP contribution < -0.4 is 0 Å². The van der Waals surface area contributed by atoms with Gasteiger partial charge in [-0.05, 0) is 0 Å². The predicted molar refractivity (Wildman–Crippen MR) is 33.0 cm³/mol. The van der Waals surface area contributed by atoms with E-state index in [9.17, 15) is 4.79 Å². The van der Waals surface area contributed by atoms with Crippen molar-refractivity contribution < 1.29 is 10.0 Å². The maximum atomic E-state index is 10.4. The molecule has 0 fully saturated rings. The molecular formula is C4H8BrNO2. The SMILES string of the molecule is CN(O)C(=O)CCBr. The molecule has 0 atom stereocenters. The first-order chi connectivity index (χ1) is 3.68. The molecule has 0 aromatic heterocycles. The van der Waals surface area contributed by atoms with E-state index in [0.717, 1.165) is 0 Å². The van der Waals surface area contributed by atoms with Gasteiger partial charge in [0, 0.05) is 18.8 Å². The van der Waals surface area contributed by atoms with Crippen LogP contribution in [0.4, 0.5) is 0 Å². The number of alkyl halides is 1. The molecule has 0 aromatic rings. The molecule has 0 heterocycles. The third kappa shape index (κ3) is 2.98. The van der Waals surface area contributed by atoms with Gasteiger partial charge in [0.2, 0.25) is 5.91 Å².